The van der Waals surface area contributed by atoms with Crippen LogP contribution in [0.4, 0.5) is 36.4 Å². The van der Waals surface area contributed by atoms with Gasteiger partial charge < -0.3 is 10.6 Å². The van der Waals surface area contributed by atoms with Crippen molar-refractivity contribution in [2.24, 2.45) is 0 Å². The Kier molecular flexibility index (Phi) is 6.58. The van der Waals surface area contributed by atoms with E-state index in [4.69, 9.17) is 11.6 Å². The quantitative estimate of drug-likeness (QED) is 0.234. The summed E-state index contributed by atoms with van der Waals surface area (Å²) in [6.07, 6.45) is -1.13. The van der Waals surface area contributed by atoms with Gasteiger partial charge in [0.25, 0.3) is 0 Å². The molecule has 0 radical (unpaired) electrons. The second-order valence-electron chi connectivity index (χ2n) is 7.74. The molecule has 0 amide bonds. The summed E-state index contributed by atoms with van der Waals surface area (Å²) in [5, 5.41) is 10.7. The fraction of sp³-hybridized carbons (Fsp3) is 0.0385. The number of hydrogen-bond donors (Lipinski definition) is 2. The van der Waals surface area contributed by atoms with Crippen LogP contribution in [0.2, 0.25) is 5.02 Å². The zero-order valence-electron chi connectivity index (χ0n) is 18.4. The van der Waals surface area contributed by atoms with Crippen LogP contribution in [-0.4, -0.2) is 15.0 Å². The molecule has 5 nitrogen and oxygen atoms in total. The number of nitrogens with one attached hydrogen (secondary N) is 2. The molecule has 5 rings (SSSR count). The van der Waals surface area contributed by atoms with Gasteiger partial charge in [-0.1, -0.05) is 29.8 Å². The molecular formula is C26H17ClF3N5S. The first-order valence-corrected chi connectivity index (χ1v) is 12.0. The van der Waals surface area contributed by atoms with E-state index < -0.39 is 11.7 Å². The van der Waals surface area contributed by atoms with Gasteiger partial charge in [0, 0.05) is 34.2 Å². The highest BCUT2D eigenvalue weighted by atomic mass is 35.5. The van der Waals surface area contributed by atoms with E-state index in [0.29, 0.717) is 22.2 Å². The molecule has 2 N–H and O–H groups in total. The first-order valence-electron chi connectivity index (χ1n) is 10.7. The van der Waals surface area contributed by atoms with Gasteiger partial charge in [0.2, 0.25) is 5.95 Å². The first-order chi connectivity index (χ1) is 17.3. The molecule has 36 heavy (non-hydrogen) atoms. The Hall–Kier alpha value is -3.95. The first kappa shape index (κ1) is 23.8. The molecule has 0 unspecified atom stereocenters. The molecule has 3 aromatic heterocycles. The predicted molar refractivity (Wildman–Crippen MR) is 138 cm³/mol. The number of alkyl halides is 3. The topological polar surface area (TPSA) is 62.7 Å². The molecular weight excluding hydrogens is 507 g/mol. The van der Waals surface area contributed by atoms with Crippen LogP contribution < -0.4 is 10.6 Å². The lowest BCUT2D eigenvalue weighted by atomic mass is 10.1. The van der Waals surface area contributed by atoms with Crippen molar-refractivity contribution >= 4 is 46.2 Å². The molecule has 0 spiro atoms. The Morgan fingerprint density at radius 1 is 0.806 bits per heavy atom. The second-order valence-corrected chi connectivity index (χ2v) is 8.95. The van der Waals surface area contributed by atoms with Gasteiger partial charge in [-0.3, -0.25) is 0 Å². The summed E-state index contributed by atoms with van der Waals surface area (Å²) in [6, 6.07) is 17.7. The van der Waals surface area contributed by atoms with Gasteiger partial charge in [0.05, 0.1) is 5.56 Å². The predicted octanol–water partition coefficient (Wildman–Crippen LogP) is 8.43. The van der Waals surface area contributed by atoms with Crippen LogP contribution >= 0.6 is 22.9 Å². The molecule has 10 heteroatoms. The Bertz CT molecular complexity index is 1470. The highest BCUT2D eigenvalue weighted by Crippen LogP contribution is 2.34. The minimum Gasteiger partial charge on any atom is -0.340 e. The molecule has 0 saturated carbocycles. The number of nitrogens with zero attached hydrogens (tertiary/aromatic N) is 3. The zero-order chi connectivity index (χ0) is 25.1. The lowest BCUT2D eigenvalue weighted by molar-refractivity contribution is -0.137. The summed E-state index contributed by atoms with van der Waals surface area (Å²) in [4.78, 5) is 13.4. The molecule has 3 heterocycles. The van der Waals surface area contributed by atoms with Crippen LogP contribution in [0.25, 0.3) is 22.3 Å². The van der Waals surface area contributed by atoms with Gasteiger partial charge in [-0.25, -0.2) is 9.97 Å². The van der Waals surface area contributed by atoms with Crippen LogP contribution in [0, 0.1) is 0 Å². The van der Waals surface area contributed by atoms with Gasteiger partial charge in [-0.05, 0) is 70.4 Å². The van der Waals surface area contributed by atoms with Gasteiger partial charge >= 0.3 is 6.18 Å². The maximum Gasteiger partial charge on any atom is 0.416 e. The van der Waals surface area contributed by atoms with Crippen LogP contribution in [0.3, 0.4) is 0 Å². The van der Waals surface area contributed by atoms with E-state index in [1.807, 2.05) is 29.0 Å². The van der Waals surface area contributed by atoms with Crippen molar-refractivity contribution in [3.8, 4) is 22.3 Å². The highest BCUT2D eigenvalue weighted by molar-refractivity contribution is 7.08. The van der Waals surface area contributed by atoms with Gasteiger partial charge in [-0.15, -0.1) is 0 Å². The molecule has 0 atom stereocenters. The molecule has 0 saturated heterocycles. The number of pyridine rings is 1. The Morgan fingerprint density at radius 2 is 1.61 bits per heavy atom. The maximum absolute atomic E-state index is 13.2. The number of thiophene rings is 1. The van der Waals surface area contributed by atoms with E-state index in [0.717, 1.165) is 28.8 Å². The minimum atomic E-state index is -4.46. The van der Waals surface area contributed by atoms with E-state index in [-0.39, 0.29) is 11.6 Å². The van der Waals surface area contributed by atoms with Crippen LogP contribution in [-0.2, 0) is 6.18 Å². The van der Waals surface area contributed by atoms with Crippen LogP contribution in [0.5, 0.6) is 0 Å². The summed E-state index contributed by atoms with van der Waals surface area (Å²) >= 11 is 7.62. The largest absolute Gasteiger partial charge is 0.416 e. The van der Waals surface area contributed by atoms with Crippen molar-refractivity contribution in [2.75, 3.05) is 10.6 Å². The normalized spacial score (nSPS) is 11.3. The average Bonchev–Trinajstić information content (AvgIpc) is 3.40. The van der Waals surface area contributed by atoms with Crippen molar-refractivity contribution in [1.82, 2.24) is 15.0 Å². The number of anilines is 4. The lowest BCUT2D eigenvalue weighted by Crippen LogP contribution is -2.06. The van der Waals surface area contributed by atoms with Crippen molar-refractivity contribution in [3.63, 3.8) is 0 Å². The van der Waals surface area contributed by atoms with Crippen LogP contribution in [0.1, 0.15) is 5.56 Å². The minimum absolute atomic E-state index is 0.234. The molecule has 0 aliphatic carbocycles. The fourth-order valence-electron chi connectivity index (χ4n) is 3.47. The number of halogens is 4. The fourth-order valence-corrected chi connectivity index (χ4v) is 4.26. The molecule has 0 aliphatic rings. The van der Waals surface area contributed by atoms with Crippen molar-refractivity contribution in [1.29, 1.82) is 0 Å². The van der Waals surface area contributed by atoms with Gasteiger partial charge in [0.15, 0.2) is 0 Å². The average molecular weight is 524 g/mol. The Morgan fingerprint density at radius 3 is 2.31 bits per heavy atom. The monoisotopic (exact) mass is 523 g/mol. The third kappa shape index (κ3) is 5.48. The number of benzene rings is 2. The van der Waals surface area contributed by atoms with E-state index in [2.05, 4.69) is 25.6 Å². The summed E-state index contributed by atoms with van der Waals surface area (Å²) < 4.78 is 39.7. The van der Waals surface area contributed by atoms with E-state index in [9.17, 15) is 13.2 Å². The van der Waals surface area contributed by atoms with Crippen LogP contribution in [0.15, 0.2) is 89.9 Å². The second kappa shape index (κ2) is 9.96. The van der Waals surface area contributed by atoms with E-state index >= 15 is 0 Å². The van der Waals surface area contributed by atoms with E-state index in [1.165, 1.54) is 6.07 Å². The smallest absolute Gasteiger partial charge is 0.340 e. The van der Waals surface area contributed by atoms with Crippen molar-refractivity contribution in [3.05, 3.63) is 100 Å². The Labute approximate surface area is 213 Å². The molecule has 2 aromatic carbocycles. The summed E-state index contributed by atoms with van der Waals surface area (Å²) in [5.74, 6) is 1.08. The third-order valence-electron chi connectivity index (χ3n) is 5.25. The third-order valence-corrected chi connectivity index (χ3v) is 6.19. The molecule has 0 fully saturated rings. The SMILES string of the molecule is FC(F)(F)c1cccc(Nc2nc(Nc3ccc(-c4ccsc4)cn3)ncc2-c2ccc(Cl)cc2)c1. The summed E-state index contributed by atoms with van der Waals surface area (Å²) in [5.41, 5.74) is 2.88. The Balaban J connectivity index is 1.47. The number of aromatic nitrogens is 3. The molecule has 180 valence electrons. The summed E-state index contributed by atoms with van der Waals surface area (Å²) in [6.45, 7) is 0. The van der Waals surface area contributed by atoms with Crippen molar-refractivity contribution in [2.45, 2.75) is 6.18 Å². The number of hydrogen-bond acceptors (Lipinski definition) is 6. The van der Waals surface area contributed by atoms with E-state index in [1.54, 1.807) is 54.1 Å². The maximum atomic E-state index is 13.2. The zero-order valence-corrected chi connectivity index (χ0v) is 20.0. The summed E-state index contributed by atoms with van der Waals surface area (Å²) in [7, 11) is 0. The molecule has 0 aliphatic heterocycles. The molecule has 0 bridgehead atoms. The number of rotatable bonds is 6. The standard InChI is InChI=1S/C26H17ClF3N5S/c27-20-7-4-16(5-8-20)22-14-32-25(34-23-9-6-17(13-31-23)18-10-11-36-15-18)35-24(22)33-21-3-1-2-19(12-21)26(28,29)30/h1-15H,(H2,31,32,33,34,35). The van der Waals surface area contributed by atoms with Crippen molar-refractivity contribution < 1.29 is 13.2 Å². The van der Waals surface area contributed by atoms with Gasteiger partial charge in [-0.2, -0.15) is 29.5 Å². The molecule has 5 aromatic rings. The highest BCUT2D eigenvalue weighted by Gasteiger charge is 2.30. The lowest BCUT2D eigenvalue weighted by Gasteiger charge is -2.15. The van der Waals surface area contributed by atoms with Gasteiger partial charge in [0.1, 0.15) is 11.6 Å².